The topological polar surface area (TPSA) is 23.8 Å². The third-order valence-corrected chi connectivity index (χ3v) is 3.96. The van der Waals surface area contributed by atoms with Crippen LogP contribution in [0, 0.1) is 29.1 Å². The van der Waals surface area contributed by atoms with E-state index < -0.39 is 0 Å². The summed E-state index contributed by atoms with van der Waals surface area (Å²) in [6.07, 6.45) is 11.8. The maximum atomic E-state index is 9.32. The van der Waals surface area contributed by atoms with Gasteiger partial charge >= 0.3 is 0 Å². The Morgan fingerprint density at radius 3 is 1.94 bits per heavy atom. The van der Waals surface area contributed by atoms with Crippen molar-refractivity contribution in [3.8, 4) is 6.07 Å². The Kier molecular flexibility index (Phi) is 11.2. The van der Waals surface area contributed by atoms with E-state index >= 15 is 0 Å². The summed E-state index contributed by atoms with van der Waals surface area (Å²) in [6, 6.07) is 2.55. The molecule has 1 heteroatoms. The fourth-order valence-electron chi connectivity index (χ4n) is 2.86. The third kappa shape index (κ3) is 7.75. The van der Waals surface area contributed by atoms with Crippen molar-refractivity contribution in [1.82, 2.24) is 0 Å². The van der Waals surface area contributed by atoms with Gasteiger partial charge in [0.1, 0.15) is 0 Å². The zero-order chi connectivity index (χ0) is 13.8. The molecule has 0 aromatic heterocycles. The highest BCUT2D eigenvalue weighted by molar-refractivity contribution is 4.90. The summed E-state index contributed by atoms with van der Waals surface area (Å²) >= 11 is 0. The van der Waals surface area contributed by atoms with Crippen molar-refractivity contribution in [2.75, 3.05) is 0 Å². The lowest BCUT2D eigenvalue weighted by molar-refractivity contribution is 0.276. The molecule has 0 aliphatic carbocycles. The SMILES string of the molecule is CCCCCCCCC(CCC)C(C#N)C(C)C. The largest absolute Gasteiger partial charge is 0.198 e. The molecule has 0 heterocycles. The maximum Gasteiger partial charge on any atom is 0.0661 e. The van der Waals surface area contributed by atoms with Gasteiger partial charge in [0.2, 0.25) is 0 Å². The first-order valence-electron chi connectivity index (χ1n) is 8.06. The second-order valence-corrected chi connectivity index (χ2v) is 6.00. The lowest BCUT2D eigenvalue weighted by atomic mass is 9.79. The van der Waals surface area contributed by atoms with E-state index in [0.717, 1.165) is 0 Å². The first kappa shape index (κ1) is 17.5. The van der Waals surface area contributed by atoms with Gasteiger partial charge in [0.05, 0.1) is 12.0 Å². The zero-order valence-electron chi connectivity index (χ0n) is 13.0. The Balaban J connectivity index is 3.93. The van der Waals surface area contributed by atoms with Gasteiger partial charge < -0.3 is 0 Å². The van der Waals surface area contributed by atoms with Crippen LogP contribution in [-0.4, -0.2) is 0 Å². The van der Waals surface area contributed by atoms with Crippen LogP contribution >= 0.6 is 0 Å². The van der Waals surface area contributed by atoms with Gasteiger partial charge in [0.15, 0.2) is 0 Å². The molecular weight excluding hydrogens is 218 g/mol. The van der Waals surface area contributed by atoms with E-state index in [9.17, 15) is 5.26 Å². The van der Waals surface area contributed by atoms with Crippen molar-refractivity contribution in [1.29, 1.82) is 5.26 Å². The predicted molar refractivity (Wildman–Crippen MR) is 80.3 cm³/mol. The van der Waals surface area contributed by atoms with Crippen LogP contribution in [0.2, 0.25) is 0 Å². The average molecular weight is 251 g/mol. The fraction of sp³-hybridized carbons (Fsp3) is 0.941. The molecule has 0 radical (unpaired) electrons. The molecule has 0 aliphatic rings. The van der Waals surface area contributed by atoms with Gasteiger partial charge in [0.25, 0.3) is 0 Å². The minimum absolute atomic E-state index is 0.264. The molecule has 0 saturated carbocycles. The third-order valence-electron chi connectivity index (χ3n) is 3.96. The summed E-state index contributed by atoms with van der Waals surface area (Å²) in [6.45, 7) is 8.88. The first-order valence-corrected chi connectivity index (χ1v) is 8.06. The molecule has 0 aromatic rings. The number of hydrogen-bond donors (Lipinski definition) is 0. The second-order valence-electron chi connectivity index (χ2n) is 6.00. The number of hydrogen-bond acceptors (Lipinski definition) is 1. The van der Waals surface area contributed by atoms with Crippen molar-refractivity contribution in [2.45, 2.75) is 85.5 Å². The molecule has 2 unspecified atom stereocenters. The average Bonchev–Trinajstić information content (AvgIpc) is 2.34. The quantitative estimate of drug-likeness (QED) is 0.416. The van der Waals surface area contributed by atoms with Gasteiger partial charge in [-0.1, -0.05) is 72.6 Å². The summed E-state index contributed by atoms with van der Waals surface area (Å²) in [7, 11) is 0. The molecule has 1 nitrogen and oxygen atoms in total. The van der Waals surface area contributed by atoms with E-state index in [1.54, 1.807) is 0 Å². The monoisotopic (exact) mass is 251 g/mol. The Bertz CT molecular complexity index is 214. The van der Waals surface area contributed by atoms with Crippen molar-refractivity contribution in [3.63, 3.8) is 0 Å². The Labute approximate surface area is 115 Å². The van der Waals surface area contributed by atoms with Gasteiger partial charge in [-0.15, -0.1) is 0 Å². The van der Waals surface area contributed by atoms with Crippen molar-refractivity contribution in [3.05, 3.63) is 0 Å². The zero-order valence-corrected chi connectivity index (χ0v) is 13.0. The van der Waals surface area contributed by atoms with E-state index in [1.165, 1.54) is 57.8 Å². The summed E-state index contributed by atoms with van der Waals surface area (Å²) in [5.74, 6) is 1.40. The van der Waals surface area contributed by atoms with Crippen LogP contribution in [0.3, 0.4) is 0 Å². The van der Waals surface area contributed by atoms with E-state index in [2.05, 4.69) is 33.8 Å². The molecule has 106 valence electrons. The highest BCUT2D eigenvalue weighted by atomic mass is 14.3. The van der Waals surface area contributed by atoms with Crippen molar-refractivity contribution in [2.24, 2.45) is 17.8 Å². The highest BCUT2D eigenvalue weighted by Gasteiger charge is 2.22. The molecular formula is C17H33N. The van der Waals surface area contributed by atoms with E-state index in [1.807, 2.05) is 0 Å². The maximum absolute atomic E-state index is 9.32. The molecule has 0 rings (SSSR count). The predicted octanol–water partition coefficient (Wildman–Crippen LogP) is 5.95. The van der Waals surface area contributed by atoms with Crippen LogP contribution in [0.1, 0.15) is 85.5 Å². The summed E-state index contributed by atoms with van der Waals surface area (Å²) in [4.78, 5) is 0. The number of rotatable bonds is 11. The normalized spacial score (nSPS) is 14.4. The van der Waals surface area contributed by atoms with Gasteiger partial charge in [-0.25, -0.2) is 0 Å². The van der Waals surface area contributed by atoms with Gasteiger partial charge in [-0.2, -0.15) is 5.26 Å². The Morgan fingerprint density at radius 1 is 0.833 bits per heavy atom. The fourth-order valence-corrected chi connectivity index (χ4v) is 2.86. The Hall–Kier alpha value is -0.510. The first-order chi connectivity index (χ1) is 8.67. The smallest absolute Gasteiger partial charge is 0.0661 e. The highest BCUT2D eigenvalue weighted by Crippen LogP contribution is 2.29. The van der Waals surface area contributed by atoms with Gasteiger partial charge in [0, 0.05) is 0 Å². The molecule has 0 aromatic carbocycles. The number of nitriles is 1. The second kappa shape index (κ2) is 11.6. The molecule has 0 N–H and O–H groups in total. The number of unbranched alkanes of at least 4 members (excludes halogenated alkanes) is 5. The van der Waals surface area contributed by atoms with Crippen LogP contribution < -0.4 is 0 Å². The minimum Gasteiger partial charge on any atom is -0.198 e. The summed E-state index contributed by atoms with van der Waals surface area (Å²) in [5.41, 5.74) is 0. The van der Waals surface area contributed by atoms with E-state index in [0.29, 0.717) is 11.8 Å². The summed E-state index contributed by atoms with van der Waals surface area (Å²) in [5, 5.41) is 9.32. The molecule has 0 aliphatic heterocycles. The molecule has 0 bridgehead atoms. The van der Waals surface area contributed by atoms with Crippen LogP contribution in [0.5, 0.6) is 0 Å². The molecule has 0 spiro atoms. The van der Waals surface area contributed by atoms with Crippen LogP contribution in [0.25, 0.3) is 0 Å². The van der Waals surface area contributed by atoms with E-state index in [4.69, 9.17) is 0 Å². The molecule has 18 heavy (non-hydrogen) atoms. The van der Waals surface area contributed by atoms with Crippen LogP contribution in [0.4, 0.5) is 0 Å². The van der Waals surface area contributed by atoms with Crippen LogP contribution in [-0.2, 0) is 0 Å². The van der Waals surface area contributed by atoms with Crippen molar-refractivity contribution < 1.29 is 0 Å². The van der Waals surface area contributed by atoms with Crippen molar-refractivity contribution >= 4 is 0 Å². The van der Waals surface area contributed by atoms with E-state index in [-0.39, 0.29) is 5.92 Å². The standard InChI is InChI=1S/C17H33N/c1-5-7-8-9-10-11-13-16(12-6-2)17(14-18)15(3)4/h15-17H,5-13H2,1-4H3. The minimum atomic E-state index is 0.264. The molecule has 2 atom stereocenters. The lowest BCUT2D eigenvalue weighted by Gasteiger charge is -2.24. The lowest BCUT2D eigenvalue weighted by Crippen LogP contribution is -2.18. The summed E-state index contributed by atoms with van der Waals surface area (Å²) < 4.78 is 0. The van der Waals surface area contributed by atoms with Crippen LogP contribution in [0.15, 0.2) is 0 Å². The molecule has 0 amide bonds. The van der Waals surface area contributed by atoms with Gasteiger partial charge in [-0.05, 0) is 24.7 Å². The number of nitrogens with zero attached hydrogens (tertiary/aromatic N) is 1. The Morgan fingerprint density at radius 2 is 1.44 bits per heavy atom. The molecule has 0 saturated heterocycles. The van der Waals surface area contributed by atoms with Gasteiger partial charge in [-0.3, -0.25) is 0 Å². The molecule has 0 fully saturated rings.